The summed E-state index contributed by atoms with van der Waals surface area (Å²) in [6, 6.07) is 2.15. The molecular formula is C35H45N3O5. The van der Waals surface area contributed by atoms with Gasteiger partial charge in [0.2, 0.25) is 11.8 Å². The normalized spacial score (nSPS) is 43.2. The molecule has 1 heterocycles. The van der Waals surface area contributed by atoms with Crippen LogP contribution < -0.4 is 0 Å². The molecule has 0 saturated heterocycles. The van der Waals surface area contributed by atoms with Crippen LogP contribution in [0.5, 0.6) is 0 Å². The molecular weight excluding hydrogens is 542 g/mol. The highest BCUT2D eigenvalue weighted by Gasteiger charge is 2.71. The van der Waals surface area contributed by atoms with E-state index in [0.717, 1.165) is 50.5 Å². The Morgan fingerprint density at radius 1 is 1.07 bits per heavy atom. The number of ether oxygens (including phenoxy) is 1. The van der Waals surface area contributed by atoms with Crippen molar-refractivity contribution in [2.24, 2.45) is 44.8 Å². The van der Waals surface area contributed by atoms with Crippen molar-refractivity contribution in [1.82, 2.24) is 10.2 Å². The third-order valence-electron chi connectivity index (χ3n) is 13.2. The van der Waals surface area contributed by atoms with Crippen LogP contribution in [0.1, 0.15) is 105 Å². The monoisotopic (exact) mass is 587 g/mol. The second kappa shape index (κ2) is 9.22. The molecule has 8 nitrogen and oxygen atoms in total. The minimum absolute atomic E-state index is 0.0647. The molecule has 43 heavy (non-hydrogen) atoms. The van der Waals surface area contributed by atoms with Gasteiger partial charge in [0, 0.05) is 25.2 Å². The summed E-state index contributed by atoms with van der Waals surface area (Å²) in [6.45, 7) is 16.3. The largest absolute Gasteiger partial charge is 0.465 e. The van der Waals surface area contributed by atoms with Gasteiger partial charge in [-0.2, -0.15) is 5.26 Å². The Bertz CT molecular complexity index is 1530. The summed E-state index contributed by atoms with van der Waals surface area (Å²) in [6.07, 6.45) is 9.84. The lowest BCUT2D eigenvalue weighted by Gasteiger charge is -2.68. The number of allylic oxidation sites excluding steroid dienone is 4. The van der Waals surface area contributed by atoms with Gasteiger partial charge in [0.15, 0.2) is 11.6 Å². The van der Waals surface area contributed by atoms with Crippen LogP contribution in [0.3, 0.4) is 0 Å². The summed E-state index contributed by atoms with van der Waals surface area (Å²) in [5.74, 6) is 0.276. The van der Waals surface area contributed by atoms with Crippen LogP contribution in [0.2, 0.25) is 0 Å². The Kier molecular flexibility index (Phi) is 6.42. The fraction of sp³-hybridized carbons (Fsp3) is 0.714. The Balaban J connectivity index is 1.51. The highest BCUT2D eigenvalue weighted by atomic mass is 16.5. The van der Waals surface area contributed by atoms with Crippen LogP contribution in [0, 0.1) is 63.1 Å². The number of hydrogen-bond donors (Lipinski definition) is 0. The molecule has 0 aliphatic heterocycles. The quantitative estimate of drug-likeness (QED) is 0.373. The third kappa shape index (κ3) is 3.88. The first-order valence-electron chi connectivity index (χ1n) is 15.9. The molecule has 0 amide bonds. The fourth-order valence-electron chi connectivity index (χ4n) is 10.8. The average molecular weight is 588 g/mol. The van der Waals surface area contributed by atoms with Crippen molar-refractivity contribution in [2.45, 2.75) is 106 Å². The number of rotatable bonds is 3. The van der Waals surface area contributed by atoms with E-state index in [1.54, 1.807) is 0 Å². The van der Waals surface area contributed by atoms with E-state index in [1.165, 1.54) is 6.92 Å². The van der Waals surface area contributed by atoms with E-state index in [2.05, 4.69) is 50.9 Å². The highest BCUT2D eigenvalue weighted by Crippen LogP contribution is 2.74. The van der Waals surface area contributed by atoms with Gasteiger partial charge in [-0.1, -0.05) is 46.3 Å². The highest BCUT2D eigenvalue weighted by molar-refractivity contribution is 6.05. The minimum Gasteiger partial charge on any atom is -0.465 e. The first kappa shape index (κ1) is 30.0. The van der Waals surface area contributed by atoms with E-state index < -0.39 is 16.8 Å². The minimum atomic E-state index is -1.06. The summed E-state index contributed by atoms with van der Waals surface area (Å²) in [7, 11) is 0. The molecule has 0 aromatic carbocycles. The smallest absolute Gasteiger partial charge is 0.302 e. The number of aromatic nitrogens is 2. The van der Waals surface area contributed by atoms with Gasteiger partial charge in [-0.15, -0.1) is 10.2 Å². The standard InChI is InChI=1S/C35H45N3O5/c1-20-37-38-29(43-20)35-13-11-30(3,4)17-23(35)27-24(40)15-26-31(5)16-22(18-36)28(41)32(6,19-42-21(2)39)25(31)9-10-33(26,7)34(27,8)12-14-35/h15-16,23,25,27H,9-14,17,19H2,1-8H3/t23?,25?,27?,31-,32-,33+,34+,35-/m0/s1. The van der Waals surface area contributed by atoms with Crippen LogP contribution in [0.15, 0.2) is 27.7 Å². The van der Waals surface area contributed by atoms with Gasteiger partial charge < -0.3 is 9.15 Å². The molecule has 0 spiro atoms. The lowest BCUT2D eigenvalue weighted by molar-refractivity contribution is -0.165. The maximum Gasteiger partial charge on any atom is 0.302 e. The SMILES string of the molecule is CC(=O)OC[C@]1(C)C(=O)C(C#N)=C[C@]2(C)C3=CC(=O)C4C5CC(C)(C)CC[C@]5(c5nnc(C)o5)CC[C@@]4(C)[C@]3(C)CCC21. The Morgan fingerprint density at radius 2 is 1.77 bits per heavy atom. The van der Waals surface area contributed by atoms with E-state index in [0.29, 0.717) is 11.8 Å². The topological polar surface area (TPSA) is 123 Å². The number of nitrogens with zero attached hydrogens (tertiary/aromatic N) is 3. The van der Waals surface area contributed by atoms with Crippen LogP contribution in [0.25, 0.3) is 0 Å². The molecule has 8 atom stereocenters. The van der Waals surface area contributed by atoms with Gasteiger partial charge in [0.25, 0.3) is 0 Å². The molecule has 3 saturated carbocycles. The second-order valence-electron chi connectivity index (χ2n) is 16.0. The number of carbonyl (C=O) groups is 3. The van der Waals surface area contributed by atoms with Crippen molar-refractivity contribution in [2.75, 3.05) is 6.61 Å². The van der Waals surface area contributed by atoms with Gasteiger partial charge in [-0.25, -0.2) is 0 Å². The van der Waals surface area contributed by atoms with Crippen molar-refractivity contribution in [3.8, 4) is 6.07 Å². The van der Waals surface area contributed by atoms with Crippen molar-refractivity contribution >= 4 is 17.5 Å². The summed E-state index contributed by atoms with van der Waals surface area (Å²) in [4.78, 5) is 40.3. The van der Waals surface area contributed by atoms with Crippen molar-refractivity contribution in [1.29, 1.82) is 5.26 Å². The van der Waals surface area contributed by atoms with E-state index in [4.69, 9.17) is 9.15 Å². The predicted octanol–water partition coefficient (Wildman–Crippen LogP) is 6.39. The number of nitriles is 1. The molecule has 6 rings (SSSR count). The fourth-order valence-corrected chi connectivity index (χ4v) is 10.8. The van der Waals surface area contributed by atoms with Gasteiger partial charge in [-0.3, -0.25) is 14.4 Å². The molecule has 0 radical (unpaired) electrons. The van der Waals surface area contributed by atoms with Crippen LogP contribution in [0.4, 0.5) is 0 Å². The van der Waals surface area contributed by atoms with E-state index in [1.807, 2.05) is 26.0 Å². The molecule has 5 aliphatic carbocycles. The zero-order valence-corrected chi connectivity index (χ0v) is 26.9. The number of fused-ring (bicyclic) bond motifs is 7. The lowest BCUT2D eigenvalue weighted by atomic mass is 9.34. The molecule has 3 unspecified atom stereocenters. The molecule has 5 aliphatic rings. The van der Waals surface area contributed by atoms with Gasteiger partial charge in [0.05, 0.1) is 16.4 Å². The number of aryl methyl sites for hydroxylation is 1. The van der Waals surface area contributed by atoms with Gasteiger partial charge in [-0.05, 0) is 86.0 Å². The maximum absolute atomic E-state index is 14.7. The van der Waals surface area contributed by atoms with Gasteiger partial charge >= 0.3 is 5.97 Å². The van der Waals surface area contributed by atoms with E-state index in [-0.39, 0.29) is 63.2 Å². The summed E-state index contributed by atoms with van der Waals surface area (Å²) in [5, 5.41) is 18.9. The van der Waals surface area contributed by atoms with Gasteiger partial charge in [0.1, 0.15) is 12.7 Å². The summed E-state index contributed by atoms with van der Waals surface area (Å²) in [5.41, 5.74) is -1.59. The van der Waals surface area contributed by atoms with Crippen molar-refractivity contribution in [3.05, 3.63) is 35.1 Å². The second-order valence-corrected chi connectivity index (χ2v) is 16.0. The zero-order chi connectivity index (χ0) is 31.4. The van der Waals surface area contributed by atoms with E-state index in [9.17, 15) is 19.6 Å². The lowest BCUT2D eigenvalue weighted by Crippen LogP contribution is -2.66. The Labute approximate surface area is 254 Å². The number of hydrogen-bond acceptors (Lipinski definition) is 8. The predicted molar refractivity (Wildman–Crippen MR) is 158 cm³/mol. The van der Waals surface area contributed by atoms with Crippen molar-refractivity contribution < 1.29 is 23.5 Å². The molecule has 3 fully saturated rings. The summed E-state index contributed by atoms with van der Waals surface area (Å²) >= 11 is 0. The Hall–Kier alpha value is -3.08. The number of carbonyl (C=O) groups excluding carboxylic acids is 3. The first-order valence-corrected chi connectivity index (χ1v) is 15.9. The van der Waals surface area contributed by atoms with Crippen LogP contribution >= 0.6 is 0 Å². The number of ketones is 2. The third-order valence-corrected chi connectivity index (χ3v) is 13.2. The molecule has 0 N–H and O–H groups in total. The molecule has 230 valence electrons. The Morgan fingerprint density at radius 3 is 2.40 bits per heavy atom. The number of esters is 1. The van der Waals surface area contributed by atoms with E-state index >= 15 is 0 Å². The van der Waals surface area contributed by atoms with Crippen molar-refractivity contribution in [3.63, 3.8) is 0 Å². The molecule has 8 heteroatoms. The number of Topliss-reactive ketones (excluding diaryl/α,β-unsaturated/α-hetero) is 1. The molecule has 1 aromatic heterocycles. The van der Waals surface area contributed by atoms with Crippen LogP contribution in [-0.4, -0.2) is 34.3 Å². The zero-order valence-electron chi connectivity index (χ0n) is 26.9. The first-order chi connectivity index (χ1) is 20.0. The van der Waals surface area contributed by atoms with Crippen LogP contribution in [-0.2, 0) is 24.5 Å². The average Bonchev–Trinajstić information content (AvgIpc) is 3.37. The molecule has 1 aromatic rings. The summed E-state index contributed by atoms with van der Waals surface area (Å²) < 4.78 is 11.6. The maximum atomic E-state index is 14.7. The molecule has 0 bridgehead atoms.